The summed E-state index contributed by atoms with van der Waals surface area (Å²) in [7, 11) is 0. The number of aliphatic hydroxyl groups is 3. The van der Waals surface area contributed by atoms with Crippen molar-refractivity contribution >= 4 is 29.8 Å². The van der Waals surface area contributed by atoms with Gasteiger partial charge in [0.2, 0.25) is 6.29 Å². The van der Waals surface area contributed by atoms with Crippen LogP contribution in [-0.4, -0.2) is 114 Å². The Kier molecular flexibility index (Phi) is 12.3. The summed E-state index contributed by atoms with van der Waals surface area (Å²) < 4.78 is 44.1. The zero-order chi connectivity index (χ0) is 33.6. The van der Waals surface area contributed by atoms with Crippen LogP contribution in [-0.2, 0) is 61.9 Å². The second kappa shape index (κ2) is 15.3. The first-order chi connectivity index (χ1) is 21.1. The predicted molar refractivity (Wildman–Crippen MR) is 146 cm³/mol. The number of aliphatic hydroxyl groups excluding tert-OH is 2. The molecule has 0 aromatic rings. The topological polar surface area (TPSA) is 220 Å². The molecule has 0 radical (unpaired) electrons. The minimum absolute atomic E-state index is 0.0229. The highest BCUT2D eigenvalue weighted by Crippen LogP contribution is 2.51. The van der Waals surface area contributed by atoms with Crippen LogP contribution in [0.5, 0.6) is 0 Å². The molecule has 2 aliphatic heterocycles. The van der Waals surface area contributed by atoms with Gasteiger partial charge in [0, 0.05) is 33.6 Å². The predicted octanol–water partition coefficient (Wildman–Crippen LogP) is -0.364. The van der Waals surface area contributed by atoms with Crippen LogP contribution in [0.2, 0.25) is 0 Å². The number of carbonyl (C=O) groups is 5. The number of carbonyl (C=O) groups excluding carboxylic acids is 5. The van der Waals surface area contributed by atoms with Gasteiger partial charge in [0.1, 0.15) is 30.5 Å². The lowest BCUT2D eigenvalue weighted by Gasteiger charge is -2.43. The zero-order valence-corrected chi connectivity index (χ0v) is 26.0. The first-order valence-corrected chi connectivity index (χ1v) is 14.6. The smallest absolute Gasteiger partial charge is 0.311 e. The Labute approximate surface area is 259 Å². The minimum Gasteiger partial charge on any atom is -0.463 e. The van der Waals surface area contributed by atoms with Crippen LogP contribution in [0.15, 0.2) is 11.8 Å². The molecule has 1 saturated carbocycles. The van der Waals surface area contributed by atoms with Crippen LogP contribution in [0, 0.1) is 17.8 Å². The summed E-state index contributed by atoms with van der Waals surface area (Å²) in [5.41, 5.74) is -1.71. The summed E-state index contributed by atoms with van der Waals surface area (Å²) in [6.07, 6.45) is -8.12. The van der Waals surface area contributed by atoms with E-state index in [4.69, 9.17) is 37.9 Å². The van der Waals surface area contributed by atoms with Crippen molar-refractivity contribution in [3.05, 3.63) is 11.8 Å². The molecule has 16 heteroatoms. The molecule has 0 aromatic carbocycles. The van der Waals surface area contributed by atoms with E-state index in [0.717, 1.165) is 27.7 Å². The Balaban J connectivity index is 1.96. The molecule has 0 spiro atoms. The third kappa shape index (κ3) is 8.49. The number of ether oxygens (including phenoxy) is 8. The molecule has 16 nitrogen and oxygen atoms in total. The molecule has 2 fully saturated rings. The second-order valence-corrected chi connectivity index (χ2v) is 11.4. The van der Waals surface area contributed by atoms with Gasteiger partial charge in [-0.3, -0.25) is 24.0 Å². The van der Waals surface area contributed by atoms with Crippen molar-refractivity contribution in [2.75, 3.05) is 19.8 Å². The van der Waals surface area contributed by atoms with E-state index in [2.05, 4.69) is 0 Å². The summed E-state index contributed by atoms with van der Waals surface area (Å²) in [6.45, 7) is 6.25. The Morgan fingerprint density at radius 1 is 0.956 bits per heavy atom. The summed E-state index contributed by atoms with van der Waals surface area (Å²) in [5, 5.41) is 32.4. The van der Waals surface area contributed by atoms with Gasteiger partial charge in [-0.25, -0.2) is 0 Å². The van der Waals surface area contributed by atoms with Gasteiger partial charge < -0.3 is 53.2 Å². The van der Waals surface area contributed by atoms with Crippen LogP contribution in [0.1, 0.15) is 54.4 Å². The van der Waals surface area contributed by atoms with Crippen molar-refractivity contribution in [2.24, 2.45) is 17.8 Å². The Morgan fingerprint density at radius 2 is 1.58 bits per heavy atom. The van der Waals surface area contributed by atoms with E-state index in [1.807, 2.05) is 0 Å². The average Bonchev–Trinajstić information content (AvgIpc) is 3.25. The van der Waals surface area contributed by atoms with Crippen molar-refractivity contribution in [1.82, 2.24) is 0 Å². The largest absolute Gasteiger partial charge is 0.463 e. The SMILES string of the molecule is CCC(C)C(=O)OC1OC=C(COC2OC(CO)C(O)C(OC(C)=O)C2OC(C)=O)C2CC(OC(C)=O)C(O)(COC(C)=O)C12. The zero-order valence-electron chi connectivity index (χ0n) is 26.0. The Morgan fingerprint density at radius 3 is 2.13 bits per heavy atom. The van der Waals surface area contributed by atoms with Crippen LogP contribution in [0.4, 0.5) is 0 Å². The maximum absolute atomic E-state index is 12.8. The molecular formula is C29H42O16. The van der Waals surface area contributed by atoms with E-state index in [1.54, 1.807) is 13.8 Å². The van der Waals surface area contributed by atoms with Gasteiger partial charge in [-0.15, -0.1) is 0 Å². The van der Waals surface area contributed by atoms with E-state index in [9.17, 15) is 39.3 Å². The summed E-state index contributed by atoms with van der Waals surface area (Å²) >= 11 is 0. The van der Waals surface area contributed by atoms with Crippen LogP contribution >= 0.6 is 0 Å². The van der Waals surface area contributed by atoms with Crippen LogP contribution in [0.25, 0.3) is 0 Å². The number of esters is 5. The highest BCUT2D eigenvalue weighted by Gasteiger charge is 2.63. The lowest BCUT2D eigenvalue weighted by atomic mass is 9.80. The van der Waals surface area contributed by atoms with E-state index in [0.29, 0.717) is 12.0 Å². The number of hydrogen-bond acceptors (Lipinski definition) is 16. The second-order valence-electron chi connectivity index (χ2n) is 11.4. The first kappa shape index (κ1) is 36.2. The van der Waals surface area contributed by atoms with Gasteiger partial charge in [0.15, 0.2) is 18.5 Å². The molecular weight excluding hydrogens is 604 g/mol. The average molecular weight is 647 g/mol. The van der Waals surface area contributed by atoms with Gasteiger partial charge in [0.25, 0.3) is 0 Å². The number of hydrogen-bond donors (Lipinski definition) is 3. The summed E-state index contributed by atoms with van der Waals surface area (Å²) in [4.78, 5) is 60.2. The fourth-order valence-corrected chi connectivity index (χ4v) is 5.67. The van der Waals surface area contributed by atoms with Crippen molar-refractivity contribution in [2.45, 2.75) is 103 Å². The normalized spacial score (nSPS) is 34.7. The molecule has 3 N–H and O–H groups in total. The molecule has 3 rings (SSSR count). The van der Waals surface area contributed by atoms with Crippen LogP contribution in [0.3, 0.4) is 0 Å². The third-order valence-corrected chi connectivity index (χ3v) is 8.04. The van der Waals surface area contributed by atoms with E-state index < -0.39 is 110 Å². The van der Waals surface area contributed by atoms with E-state index in [-0.39, 0.29) is 13.0 Å². The van der Waals surface area contributed by atoms with Crippen molar-refractivity contribution in [3.8, 4) is 0 Å². The van der Waals surface area contributed by atoms with Crippen molar-refractivity contribution in [3.63, 3.8) is 0 Å². The molecule has 2 heterocycles. The lowest BCUT2D eigenvalue weighted by molar-refractivity contribution is -0.304. The highest BCUT2D eigenvalue weighted by atomic mass is 16.7. The highest BCUT2D eigenvalue weighted by molar-refractivity contribution is 5.72. The molecule has 0 bridgehead atoms. The standard InChI is InChI=1S/C29H42O16/c1-7-13(2)26(36)45-27-22-19(8-21(41-15(4)32)29(22,37)12-40-14(3)31)18(10-38-27)11-39-28-25(43-17(6)34)24(42-16(5)33)23(35)20(9-30)44-28/h10,13,19-25,27-28,30,35,37H,7-9,11-12H2,1-6H3. The van der Waals surface area contributed by atoms with Crippen molar-refractivity contribution in [1.29, 1.82) is 0 Å². The molecule has 1 aliphatic carbocycles. The molecule has 3 aliphatic rings. The molecule has 11 unspecified atom stereocenters. The Hall–Kier alpha value is -3.31. The molecule has 1 saturated heterocycles. The number of fused-ring (bicyclic) bond motifs is 1. The Bertz CT molecular complexity index is 1140. The van der Waals surface area contributed by atoms with Gasteiger partial charge in [0.05, 0.1) is 31.3 Å². The fraction of sp³-hybridized carbons (Fsp3) is 0.759. The maximum atomic E-state index is 12.8. The van der Waals surface area contributed by atoms with Gasteiger partial charge in [-0.1, -0.05) is 13.8 Å². The van der Waals surface area contributed by atoms with Crippen molar-refractivity contribution < 1.29 is 77.2 Å². The minimum atomic E-state index is -2.06. The quantitative estimate of drug-likeness (QED) is 0.182. The number of rotatable bonds is 12. The fourth-order valence-electron chi connectivity index (χ4n) is 5.67. The monoisotopic (exact) mass is 646 g/mol. The molecule has 0 amide bonds. The van der Waals surface area contributed by atoms with E-state index in [1.165, 1.54) is 6.26 Å². The molecule has 254 valence electrons. The van der Waals surface area contributed by atoms with Gasteiger partial charge in [-0.2, -0.15) is 0 Å². The maximum Gasteiger partial charge on any atom is 0.311 e. The van der Waals surface area contributed by atoms with Crippen LogP contribution < -0.4 is 0 Å². The van der Waals surface area contributed by atoms with E-state index >= 15 is 0 Å². The molecule has 45 heavy (non-hydrogen) atoms. The molecule has 11 atom stereocenters. The first-order valence-electron chi connectivity index (χ1n) is 14.6. The molecule has 0 aromatic heterocycles. The summed E-state index contributed by atoms with van der Waals surface area (Å²) in [5.74, 6) is -6.00. The lowest BCUT2D eigenvalue weighted by Crippen LogP contribution is -2.61. The van der Waals surface area contributed by atoms with Gasteiger partial charge >= 0.3 is 29.8 Å². The third-order valence-electron chi connectivity index (χ3n) is 8.04. The summed E-state index contributed by atoms with van der Waals surface area (Å²) in [6, 6.07) is 0. The van der Waals surface area contributed by atoms with Gasteiger partial charge in [-0.05, 0) is 18.4 Å².